The molecule has 0 unspecified atom stereocenters. The maximum absolute atomic E-state index is 12.4. The van der Waals surface area contributed by atoms with Crippen LogP contribution in [0.15, 0.2) is 57.7 Å². The smallest absolute Gasteiger partial charge is 0.343 e. The van der Waals surface area contributed by atoms with Crippen molar-refractivity contribution in [3.8, 4) is 5.75 Å². The second kappa shape index (κ2) is 7.33. The Morgan fingerprint density at radius 1 is 1.15 bits per heavy atom. The molecule has 0 bridgehead atoms. The Kier molecular flexibility index (Phi) is 4.94. The molecule has 0 fully saturated rings. The zero-order valence-corrected chi connectivity index (χ0v) is 14.9. The van der Waals surface area contributed by atoms with Crippen LogP contribution in [0, 0.1) is 5.41 Å². The van der Waals surface area contributed by atoms with E-state index in [9.17, 15) is 9.59 Å². The molecule has 0 atom stereocenters. The van der Waals surface area contributed by atoms with E-state index in [0.717, 1.165) is 10.9 Å². The first-order chi connectivity index (χ1) is 12.8. The van der Waals surface area contributed by atoms with Crippen molar-refractivity contribution in [3.63, 3.8) is 0 Å². The standard InChI is InChI=1S/C20H19N3O4/c1-11(2)15-10-18(24)27-17-8-7-14(9-16(15)17)26-19(25)12-3-5-13(6-4-12)23-20(21)22/h3-11H,1-2H3,(H4,21,22,23). The van der Waals surface area contributed by atoms with Gasteiger partial charge < -0.3 is 20.2 Å². The molecule has 0 aliphatic heterocycles. The zero-order chi connectivity index (χ0) is 19.6. The van der Waals surface area contributed by atoms with Crippen LogP contribution < -0.4 is 21.4 Å². The molecule has 0 radical (unpaired) electrons. The lowest BCUT2D eigenvalue weighted by molar-refractivity contribution is 0.0735. The Morgan fingerprint density at radius 3 is 2.48 bits per heavy atom. The monoisotopic (exact) mass is 365 g/mol. The fraction of sp³-hybridized carbons (Fsp3) is 0.150. The van der Waals surface area contributed by atoms with Crippen LogP contribution >= 0.6 is 0 Å². The van der Waals surface area contributed by atoms with E-state index in [1.807, 2.05) is 13.8 Å². The molecular weight excluding hydrogens is 346 g/mol. The molecule has 0 aliphatic carbocycles. The summed E-state index contributed by atoms with van der Waals surface area (Å²) >= 11 is 0. The quantitative estimate of drug-likeness (QED) is 0.214. The van der Waals surface area contributed by atoms with Crippen molar-refractivity contribution < 1.29 is 13.9 Å². The van der Waals surface area contributed by atoms with Gasteiger partial charge in [-0.1, -0.05) is 13.8 Å². The second-order valence-corrected chi connectivity index (χ2v) is 6.34. The first-order valence-corrected chi connectivity index (χ1v) is 8.34. The normalized spacial score (nSPS) is 10.8. The summed E-state index contributed by atoms with van der Waals surface area (Å²) in [5, 5.41) is 10.6. The summed E-state index contributed by atoms with van der Waals surface area (Å²) in [6.07, 6.45) is 0. The van der Waals surface area contributed by atoms with Crippen LogP contribution in [0.3, 0.4) is 0 Å². The third-order valence-electron chi connectivity index (χ3n) is 3.98. The van der Waals surface area contributed by atoms with Crippen molar-refractivity contribution in [2.24, 2.45) is 5.73 Å². The average molecular weight is 365 g/mol. The highest BCUT2D eigenvalue weighted by Crippen LogP contribution is 2.28. The number of carbonyl (C=O) groups is 1. The molecule has 0 aliphatic rings. The van der Waals surface area contributed by atoms with Crippen molar-refractivity contribution in [1.82, 2.24) is 0 Å². The first-order valence-electron chi connectivity index (χ1n) is 8.34. The van der Waals surface area contributed by atoms with Crippen molar-refractivity contribution in [1.29, 1.82) is 5.41 Å². The largest absolute Gasteiger partial charge is 0.423 e. The summed E-state index contributed by atoms with van der Waals surface area (Å²) in [4.78, 5) is 24.0. The molecule has 1 heterocycles. The molecular formula is C20H19N3O4. The van der Waals surface area contributed by atoms with Gasteiger partial charge in [-0.05, 0) is 53.9 Å². The number of guanidine groups is 1. The van der Waals surface area contributed by atoms with Crippen molar-refractivity contribution in [3.05, 3.63) is 70.1 Å². The number of rotatable bonds is 4. The van der Waals surface area contributed by atoms with Gasteiger partial charge in [0, 0.05) is 17.1 Å². The molecule has 4 N–H and O–H groups in total. The molecule has 0 saturated carbocycles. The molecule has 7 heteroatoms. The lowest BCUT2D eigenvalue weighted by Crippen LogP contribution is -2.20. The maximum Gasteiger partial charge on any atom is 0.343 e. The molecule has 0 saturated heterocycles. The van der Waals surface area contributed by atoms with Crippen molar-refractivity contribution in [2.75, 3.05) is 5.32 Å². The number of esters is 1. The summed E-state index contributed by atoms with van der Waals surface area (Å²) < 4.78 is 10.7. The van der Waals surface area contributed by atoms with Gasteiger partial charge in [-0.2, -0.15) is 0 Å². The minimum Gasteiger partial charge on any atom is -0.423 e. The SMILES string of the molecule is CC(C)c1cc(=O)oc2ccc(OC(=O)c3ccc(NC(=N)N)cc3)cc12. The van der Waals surface area contributed by atoms with Gasteiger partial charge in [0.05, 0.1) is 5.56 Å². The molecule has 1 aromatic heterocycles. The zero-order valence-electron chi connectivity index (χ0n) is 14.9. The highest BCUT2D eigenvalue weighted by Gasteiger charge is 2.13. The third-order valence-corrected chi connectivity index (χ3v) is 3.98. The van der Waals surface area contributed by atoms with Gasteiger partial charge in [-0.15, -0.1) is 0 Å². The van der Waals surface area contributed by atoms with Gasteiger partial charge >= 0.3 is 11.6 Å². The van der Waals surface area contributed by atoms with Crippen LogP contribution in [0.2, 0.25) is 0 Å². The van der Waals surface area contributed by atoms with Gasteiger partial charge in [0.15, 0.2) is 5.96 Å². The topological polar surface area (TPSA) is 118 Å². The maximum atomic E-state index is 12.4. The molecule has 3 rings (SSSR count). The number of hydrogen-bond donors (Lipinski definition) is 3. The Hall–Kier alpha value is -3.61. The van der Waals surface area contributed by atoms with E-state index in [0.29, 0.717) is 22.6 Å². The molecule has 3 aromatic rings. The number of anilines is 1. The third kappa shape index (κ3) is 4.14. The molecule has 0 spiro atoms. The number of nitrogens with one attached hydrogen (secondary N) is 2. The van der Waals surface area contributed by atoms with E-state index >= 15 is 0 Å². The van der Waals surface area contributed by atoms with E-state index in [1.165, 1.54) is 6.07 Å². The Balaban J connectivity index is 1.86. The van der Waals surface area contributed by atoms with Crippen molar-refractivity contribution >= 4 is 28.6 Å². The Labute approximate surface area is 155 Å². The van der Waals surface area contributed by atoms with Gasteiger partial charge in [0.2, 0.25) is 0 Å². The predicted octanol–water partition coefficient (Wildman–Crippen LogP) is 3.44. The highest BCUT2D eigenvalue weighted by atomic mass is 16.5. The van der Waals surface area contributed by atoms with E-state index in [-0.39, 0.29) is 11.9 Å². The van der Waals surface area contributed by atoms with Gasteiger partial charge in [-0.3, -0.25) is 5.41 Å². The van der Waals surface area contributed by atoms with Crippen LogP contribution in [0.25, 0.3) is 11.0 Å². The fourth-order valence-electron chi connectivity index (χ4n) is 2.72. The number of hydrogen-bond acceptors (Lipinski definition) is 5. The summed E-state index contributed by atoms with van der Waals surface area (Å²) in [6, 6.07) is 12.8. The first kappa shape index (κ1) is 18.2. The minimum atomic E-state index is -0.521. The van der Waals surface area contributed by atoms with Crippen LogP contribution in [-0.2, 0) is 0 Å². The molecule has 2 aromatic carbocycles. The Morgan fingerprint density at radius 2 is 1.85 bits per heavy atom. The van der Waals surface area contributed by atoms with Gasteiger partial charge in [0.1, 0.15) is 11.3 Å². The number of nitrogens with two attached hydrogens (primary N) is 1. The van der Waals surface area contributed by atoms with E-state index in [1.54, 1.807) is 42.5 Å². The number of fused-ring (bicyclic) bond motifs is 1. The summed E-state index contributed by atoms with van der Waals surface area (Å²) in [5.74, 6) is -0.237. The lowest BCUT2D eigenvalue weighted by Gasteiger charge is -2.10. The minimum absolute atomic E-state index is 0.115. The summed E-state index contributed by atoms with van der Waals surface area (Å²) in [7, 11) is 0. The molecule has 27 heavy (non-hydrogen) atoms. The van der Waals surface area contributed by atoms with Crippen LogP contribution in [0.4, 0.5) is 5.69 Å². The van der Waals surface area contributed by atoms with Crippen LogP contribution in [-0.4, -0.2) is 11.9 Å². The lowest BCUT2D eigenvalue weighted by atomic mass is 10.00. The van der Waals surface area contributed by atoms with Crippen molar-refractivity contribution in [2.45, 2.75) is 19.8 Å². The van der Waals surface area contributed by atoms with E-state index in [4.69, 9.17) is 20.3 Å². The van der Waals surface area contributed by atoms with E-state index in [2.05, 4.69) is 5.32 Å². The second-order valence-electron chi connectivity index (χ2n) is 6.34. The van der Waals surface area contributed by atoms with E-state index < -0.39 is 11.6 Å². The molecule has 138 valence electrons. The Bertz CT molecular complexity index is 1070. The number of carbonyl (C=O) groups excluding carboxylic acids is 1. The average Bonchev–Trinajstić information content (AvgIpc) is 2.61. The fourth-order valence-corrected chi connectivity index (χ4v) is 2.72. The van der Waals surface area contributed by atoms with Crippen LogP contribution in [0.5, 0.6) is 5.75 Å². The highest BCUT2D eigenvalue weighted by molar-refractivity contribution is 5.94. The summed E-state index contributed by atoms with van der Waals surface area (Å²) in [5.41, 5.74) is 7.09. The molecule has 7 nitrogen and oxygen atoms in total. The predicted molar refractivity (Wildman–Crippen MR) is 104 cm³/mol. The summed E-state index contributed by atoms with van der Waals surface area (Å²) in [6.45, 7) is 3.95. The molecule has 0 amide bonds. The van der Waals surface area contributed by atoms with Crippen LogP contribution in [0.1, 0.15) is 35.7 Å². The van der Waals surface area contributed by atoms with Gasteiger partial charge in [-0.25, -0.2) is 9.59 Å². The van der Waals surface area contributed by atoms with Gasteiger partial charge in [0.25, 0.3) is 0 Å². The number of benzene rings is 2. The number of ether oxygens (including phenoxy) is 1.